The van der Waals surface area contributed by atoms with Crippen molar-refractivity contribution in [2.75, 3.05) is 20.2 Å². The van der Waals surface area contributed by atoms with Crippen molar-refractivity contribution in [3.05, 3.63) is 77.3 Å². The molecule has 1 N–H and O–H groups in total. The molecule has 2 aromatic carbocycles. The van der Waals surface area contributed by atoms with E-state index < -0.39 is 0 Å². The van der Waals surface area contributed by atoms with Gasteiger partial charge in [0.2, 0.25) is 5.91 Å². The van der Waals surface area contributed by atoms with Crippen molar-refractivity contribution in [2.24, 2.45) is 0 Å². The lowest BCUT2D eigenvalue weighted by molar-refractivity contribution is -0.122. The molecular formula is C21H25ClN2O2. The third-order valence-corrected chi connectivity index (χ3v) is 4.12. The van der Waals surface area contributed by atoms with E-state index in [-0.39, 0.29) is 11.9 Å². The normalized spacial score (nSPS) is 11.8. The Morgan fingerprint density at radius 1 is 1.31 bits per heavy atom. The number of carbonyl (C=O) groups is 1. The van der Waals surface area contributed by atoms with Crippen molar-refractivity contribution in [1.82, 2.24) is 10.2 Å². The molecule has 0 bridgehead atoms. The van der Waals surface area contributed by atoms with Gasteiger partial charge in [-0.2, -0.15) is 0 Å². The van der Waals surface area contributed by atoms with Gasteiger partial charge in [-0.25, -0.2) is 0 Å². The number of ether oxygens (including phenoxy) is 1. The second-order valence-corrected chi connectivity index (χ2v) is 6.70. The molecule has 138 valence electrons. The van der Waals surface area contributed by atoms with E-state index in [4.69, 9.17) is 16.3 Å². The lowest BCUT2D eigenvalue weighted by atomic mass is 10.1. The highest BCUT2D eigenvalue weighted by molar-refractivity contribution is 6.30. The Labute approximate surface area is 160 Å². The fourth-order valence-electron chi connectivity index (χ4n) is 2.61. The van der Waals surface area contributed by atoms with Crippen LogP contribution < -0.4 is 10.1 Å². The van der Waals surface area contributed by atoms with E-state index in [0.29, 0.717) is 24.7 Å². The largest absolute Gasteiger partial charge is 0.490 e. The minimum Gasteiger partial charge on any atom is -0.490 e. The van der Waals surface area contributed by atoms with Gasteiger partial charge in [-0.15, -0.1) is 0 Å². The smallest absolute Gasteiger partial charge is 0.234 e. The fraction of sp³-hybridized carbons (Fsp3) is 0.286. The first-order chi connectivity index (χ1) is 12.5. The molecular weight excluding hydrogens is 348 g/mol. The van der Waals surface area contributed by atoms with E-state index >= 15 is 0 Å². The fourth-order valence-corrected chi connectivity index (χ4v) is 2.80. The van der Waals surface area contributed by atoms with Gasteiger partial charge in [0, 0.05) is 11.6 Å². The molecule has 5 heteroatoms. The predicted molar refractivity (Wildman–Crippen MR) is 106 cm³/mol. The summed E-state index contributed by atoms with van der Waals surface area (Å²) < 4.78 is 5.47. The van der Waals surface area contributed by atoms with Gasteiger partial charge in [0.15, 0.2) is 0 Å². The first-order valence-electron chi connectivity index (χ1n) is 8.54. The topological polar surface area (TPSA) is 41.6 Å². The first kappa shape index (κ1) is 20.0. The van der Waals surface area contributed by atoms with Crippen molar-refractivity contribution < 1.29 is 9.53 Å². The standard InChI is InChI=1S/C21H25ClN2O2/c1-4-12-26-20-10-8-17(9-11-20)14-24(3)15-21(25)23-16(2)18-6-5-7-19(22)13-18/h4-11,13,16H,1,12,14-15H2,2-3H3,(H,23,25). The van der Waals surface area contributed by atoms with Gasteiger partial charge >= 0.3 is 0 Å². The second kappa shape index (κ2) is 10.00. The molecule has 2 aromatic rings. The highest BCUT2D eigenvalue weighted by atomic mass is 35.5. The monoisotopic (exact) mass is 372 g/mol. The molecule has 0 spiro atoms. The number of nitrogens with zero attached hydrogens (tertiary/aromatic N) is 1. The van der Waals surface area contributed by atoms with Gasteiger partial charge < -0.3 is 10.1 Å². The van der Waals surface area contributed by atoms with E-state index in [1.807, 2.05) is 67.4 Å². The summed E-state index contributed by atoms with van der Waals surface area (Å²) >= 11 is 6.00. The molecule has 0 aromatic heterocycles. The Hall–Kier alpha value is -2.30. The van der Waals surface area contributed by atoms with Crippen LogP contribution in [0.15, 0.2) is 61.2 Å². The molecule has 0 fully saturated rings. The van der Waals surface area contributed by atoms with E-state index in [2.05, 4.69) is 11.9 Å². The van der Waals surface area contributed by atoms with Gasteiger partial charge in [0.05, 0.1) is 12.6 Å². The Kier molecular flexibility index (Phi) is 7.70. The Bertz CT molecular complexity index is 731. The average Bonchev–Trinajstić information content (AvgIpc) is 2.61. The number of hydrogen-bond acceptors (Lipinski definition) is 3. The minimum absolute atomic E-state index is 0.0223. The molecule has 0 aliphatic heterocycles. The number of amides is 1. The number of hydrogen-bond donors (Lipinski definition) is 1. The maximum absolute atomic E-state index is 12.3. The maximum Gasteiger partial charge on any atom is 0.234 e. The second-order valence-electron chi connectivity index (χ2n) is 6.26. The van der Waals surface area contributed by atoms with E-state index in [1.165, 1.54) is 0 Å². The SMILES string of the molecule is C=CCOc1ccc(CN(C)CC(=O)NC(C)c2cccc(Cl)c2)cc1. The zero-order chi connectivity index (χ0) is 18.9. The molecule has 1 unspecified atom stereocenters. The van der Waals surface area contributed by atoms with Crippen LogP contribution in [0.4, 0.5) is 0 Å². The maximum atomic E-state index is 12.3. The van der Waals surface area contributed by atoms with Gasteiger partial charge in [0.25, 0.3) is 0 Å². The van der Waals surface area contributed by atoms with Crippen LogP contribution in [-0.4, -0.2) is 31.0 Å². The summed E-state index contributed by atoms with van der Waals surface area (Å²) in [6.45, 7) is 7.07. The van der Waals surface area contributed by atoms with E-state index in [9.17, 15) is 4.79 Å². The quantitative estimate of drug-likeness (QED) is 0.670. The minimum atomic E-state index is -0.0871. The van der Waals surface area contributed by atoms with E-state index in [0.717, 1.165) is 16.9 Å². The molecule has 2 rings (SSSR count). The number of likely N-dealkylation sites (N-methyl/N-ethyl adjacent to an activating group) is 1. The Morgan fingerprint density at radius 3 is 2.69 bits per heavy atom. The van der Waals surface area contributed by atoms with Crippen molar-refractivity contribution in [2.45, 2.75) is 19.5 Å². The van der Waals surface area contributed by atoms with Crippen molar-refractivity contribution in [1.29, 1.82) is 0 Å². The van der Waals surface area contributed by atoms with Crippen LogP contribution in [0.5, 0.6) is 5.75 Å². The molecule has 0 aliphatic rings. The van der Waals surface area contributed by atoms with Crippen molar-refractivity contribution >= 4 is 17.5 Å². The summed E-state index contributed by atoms with van der Waals surface area (Å²) in [6.07, 6.45) is 1.71. The number of rotatable bonds is 9. The van der Waals surface area contributed by atoms with Crippen LogP contribution in [0.3, 0.4) is 0 Å². The molecule has 0 saturated carbocycles. The van der Waals surface area contributed by atoms with Crippen LogP contribution in [0.1, 0.15) is 24.1 Å². The molecule has 26 heavy (non-hydrogen) atoms. The van der Waals surface area contributed by atoms with Gasteiger partial charge in [0.1, 0.15) is 12.4 Å². The summed E-state index contributed by atoms with van der Waals surface area (Å²) in [5.74, 6) is 0.787. The highest BCUT2D eigenvalue weighted by Crippen LogP contribution is 2.17. The molecule has 0 heterocycles. The molecule has 0 radical (unpaired) electrons. The van der Waals surface area contributed by atoms with Gasteiger partial charge in [-0.1, -0.05) is 48.5 Å². The zero-order valence-corrected chi connectivity index (χ0v) is 16.0. The molecule has 0 aliphatic carbocycles. The average molecular weight is 373 g/mol. The van der Waals surface area contributed by atoms with Crippen molar-refractivity contribution in [3.8, 4) is 5.75 Å². The lowest BCUT2D eigenvalue weighted by Gasteiger charge is -2.19. The Balaban J connectivity index is 1.82. The number of nitrogens with one attached hydrogen (secondary N) is 1. The lowest BCUT2D eigenvalue weighted by Crippen LogP contribution is -2.36. The van der Waals surface area contributed by atoms with Crippen LogP contribution in [0.2, 0.25) is 5.02 Å². The third-order valence-electron chi connectivity index (χ3n) is 3.88. The molecule has 1 atom stereocenters. The number of halogens is 1. The van der Waals surface area contributed by atoms with Gasteiger partial charge in [-0.3, -0.25) is 9.69 Å². The summed E-state index contributed by atoms with van der Waals surface area (Å²) in [6, 6.07) is 15.3. The summed E-state index contributed by atoms with van der Waals surface area (Å²) in [4.78, 5) is 14.2. The Morgan fingerprint density at radius 2 is 2.04 bits per heavy atom. The predicted octanol–water partition coefficient (Wildman–Crippen LogP) is 4.21. The number of carbonyl (C=O) groups excluding carboxylic acids is 1. The molecule has 4 nitrogen and oxygen atoms in total. The van der Waals surface area contributed by atoms with Crippen molar-refractivity contribution in [3.63, 3.8) is 0 Å². The number of benzene rings is 2. The summed E-state index contributed by atoms with van der Waals surface area (Å²) in [5, 5.41) is 3.67. The van der Waals surface area contributed by atoms with E-state index in [1.54, 1.807) is 6.08 Å². The van der Waals surface area contributed by atoms with Crippen LogP contribution in [0.25, 0.3) is 0 Å². The summed E-state index contributed by atoms with van der Waals surface area (Å²) in [5.41, 5.74) is 2.11. The van der Waals surface area contributed by atoms with Crippen LogP contribution in [-0.2, 0) is 11.3 Å². The molecule has 0 saturated heterocycles. The summed E-state index contributed by atoms with van der Waals surface area (Å²) in [7, 11) is 1.92. The molecule has 1 amide bonds. The highest BCUT2D eigenvalue weighted by Gasteiger charge is 2.12. The zero-order valence-electron chi connectivity index (χ0n) is 15.2. The first-order valence-corrected chi connectivity index (χ1v) is 8.91. The van der Waals surface area contributed by atoms with Crippen LogP contribution in [0, 0.1) is 0 Å². The van der Waals surface area contributed by atoms with Gasteiger partial charge in [-0.05, 0) is 49.4 Å². The third kappa shape index (κ3) is 6.54. The van der Waals surface area contributed by atoms with Crippen LogP contribution >= 0.6 is 11.6 Å².